The highest BCUT2D eigenvalue weighted by Gasteiger charge is 2.33. The maximum Gasteiger partial charge on any atom is 0.271 e. The summed E-state index contributed by atoms with van der Waals surface area (Å²) in [6.07, 6.45) is 5.77. The summed E-state index contributed by atoms with van der Waals surface area (Å²) < 4.78 is 15.9. The molecule has 0 saturated carbocycles. The van der Waals surface area contributed by atoms with Crippen LogP contribution in [0.15, 0.2) is 106 Å². The van der Waals surface area contributed by atoms with E-state index < -0.39 is 0 Å². The van der Waals surface area contributed by atoms with Crippen LogP contribution in [0.25, 0.3) is 22.7 Å². The highest BCUT2D eigenvalue weighted by Crippen LogP contribution is 2.43. The molecule has 0 amide bonds. The number of methoxy groups -OCH3 is 2. The zero-order valence-corrected chi connectivity index (χ0v) is 28.0. The highest BCUT2D eigenvalue weighted by atomic mass is 35.5. The Labute approximate surface area is 285 Å². The Bertz CT molecular complexity index is 2440. The van der Waals surface area contributed by atoms with Gasteiger partial charge in [0.05, 0.1) is 30.5 Å². The Kier molecular flexibility index (Phi) is 7.55. The van der Waals surface area contributed by atoms with E-state index in [0.717, 1.165) is 57.3 Å². The van der Waals surface area contributed by atoms with Crippen LogP contribution >= 0.6 is 34.5 Å². The minimum Gasteiger partial charge on any atom is -0.493 e. The van der Waals surface area contributed by atoms with E-state index in [1.165, 1.54) is 16.9 Å². The number of hydrogen-bond acceptors (Lipinski definition) is 5. The van der Waals surface area contributed by atoms with Crippen molar-refractivity contribution in [3.63, 3.8) is 0 Å². The van der Waals surface area contributed by atoms with Crippen LogP contribution in [0.3, 0.4) is 0 Å². The van der Waals surface area contributed by atoms with Crippen LogP contribution in [0.1, 0.15) is 40.3 Å². The molecule has 234 valence electrons. The van der Waals surface area contributed by atoms with Crippen molar-refractivity contribution in [2.75, 3.05) is 14.2 Å². The monoisotopic (exact) mass is 677 g/mol. The van der Waals surface area contributed by atoms with Gasteiger partial charge in [0.1, 0.15) is 0 Å². The van der Waals surface area contributed by atoms with Crippen LogP contribution in [0, 0.1) is 0 Å². The molecule has 4 aromatic carbocycles. The predicted octanol–water partition coefficient (Wildman–Crippen LogP) is 7.65. The lowest BCUT2D eigenvalue weighted by atomic mass is 9.83. The molecule has 0 radical (unpaired) electrons. The lowest BCUT2D eigenvalue weighted by Crippen LogP contribution is -2.38. The lowest BCUT2D eigenvalue weighted by Gasteiger charge is -2.31. The summed E-state index contributed by atoms with van der Waals surface area (Å²) in [6, 6.07) is 27.8. The molecule has 9 heteroatoms. The van der Waals surface area contributed by atoms with E-state index in [1.807, 2.05) is 53.1 Å². The number of thiazole rings is 1. The van der Waals surface area contributed by atoms with Crippen molar-refractivity contribution < 1.29 is 9.47 Å². The molecule has 1 aliphatic carbocycles. The largest absolute Gasteiger partial charge is 0.493 e. The average Bonchev–Trinajstić information content (AvgIpc) is 3.60. The first-order valence-electron chi connectivity index (χ1n) is 15.3. The summed E-state index contributed by atoms with van der Waals surface area (Å²) in [6.45, 7) is 0.567. The first-order chi connectivity index (χ1) is 22.9. The van der Waals surface area contributed by atoms with Crippen LogP contribution in [0.4, 0.5) is 0 Å². The Hall–Kier alpha value is -4.56. The molecule has 8 rings (SSSR count). The molecule has 3 heterocycles. The first kappa shape index (κ1) is 29.8. The molecule has 0 saturated heterocycles. The van der Waals surface area contributed by atoms with Crippen LogP contribution in [0.5, 0.6) is 11.5 Å². The molecule has 1 aliphatic heterocycles. The van der Waals surface area contributed by atoms with Gasteiger partial charge in [-0.15, -0.1) is 0 Å². The van der Waals surface area contributed by atoms with Gasteiger partial charge in [-0.3, -0.25) is 9.36 Å². The molecule has 0 N–H and O–H groups in total. The van der Waals surface area contributed by atoms with Crippen LogP contribution < -0.4 is 24.4 Å². The number of rotatable bonds is 6. The molecule has 1 atom stereocenters. The average molecular weight is 679 g/mol. The van der Waals surface area contributed by atoms with Gasteiger partial charge < -0.3 is 14.0 Å². The van der Waals surface area contributed by atoms with E-state index in [9.17, 15) is 4.79 Å². The number of ether oxygens (including phenoxy) is 2. The van der Waals surface area contributed by atoms with Crippen LogP contribution in [0.2, 0.25) is 10.0 Å². The summed E-state index contributed by atoms with van der Waals surface area (Å²) in [5, 5.41) is 2.27. The summed E-state index contributed by atoms with van der Waals surface area (Å²) in [7, 11) is 3.26. The maximum absolute atomic E-state index is 14.5. The van der Waals surface area contributed by atoms with Crippen molar-refractivity contribution in [3.8, 4) is 11.5 Å². The van der Waals surface area contributed by atoms with E-state index in [2.05, 4.69) is 47.2 Å². The van der Waals surface area contributed by atoms with Gasteiger partial charge in [0.25, 0.3) is 5.56 Å². The minimum atomic E-state index is -0.329. The molecular weight excluding hydrogens is 649 g/mol. The van der Waals surface area contributed by atoms with Gasteiger partial charge in [-0.05, 0) is 71.5 Å². The second-order valence-electron chi connectivity index (χ2n) is 11.7. The van der Waals surface area contributed by atoms with Crippen LogP contribution in [-0.2, 0) is 13.0 Å². The van der Waals surface area contributed by atoms with E-state index in [4.69, 9.17) is 37.7 Å². The Morgan fingerprint density at radius 1 is 0.936 bits per heavy atom. The first-order valence-corrected chi connectivity index (χ1v) is 16.9. The fourth-order valence-corrected chi connectivity index (χ4v) is 8.30. The van der Waals surface area contributed by atoms with Gasteiger partial charge in [0, 0.05) is 44.8 Å². The zero-order valence-electron chi connectivity index (χ0n) is 25.7. The summed E-state index contributed by atoms with van der Waals surface area (Å²) in [4.78, 5) is 20.3. The van der Waals surface area contributed by atoms with E-state index >= 15 is 0 Å². The maximum atomic E-state index is 14.5. The third-order valence-corrected chi connectivity index (χ3v) is 10.6. The molecule has 6 nitrogen and oxygen atoms in total. The van der Waals surface area contributed by atoms with Crippen molar-refractivity contribution in [3.05, 3.63) is 154 Å². The second kappa shape index (κ2) is 11.9. The number of allylic oxidation sites excluding steroid dienone is 1. The Balaban J connectivity index is 1.32. The number of halogens is 2. The minimum absolute atomic E-state index is 0.0727. The van der Waals surface area contributed by atoms with Crippen LogP contribution in [-0.4, -0.2) is 23.4 Å². The molecule has 6 aromatic rings. The van der Waals surface area contributed by atoms with Crippen molar-refractivity contribution in [1.82, 2.24) is 9.13 Å². The Morgan fingerprint density at radius 3 is 2.57 bits per heavy atom. The molecule has 2 aromatic heterocycles. The highest BCUT2D eigenvalue weighted by molar-refractivity contribution is 7.07. The number of hydrogen-bond donors (Lipinski definition) is 0. The Morgan fingerprint density at radius 2 is 1.74 bits per heavy atom. The lowest BCUT2D eigenvalue weighted by molar-refractivity contribution is 0.354. The topological polar surface area (TPSA) is 57.8 Å². The van der Waals surface area contributed by atoms with Gasteiger partial charge in [-0.1, -0.05) is 89.1 Å². The van der Waals surface area contributed by atoms with Crippen molar-refractivity contribution in [2.24, 2.45) is 4.99 Å². The number of aryl methyl sites for hydroxylation is 1. The molecule has 47 heavy (non-hydrogen) atoms. The summed E-state index contributed by atoms with van der Waals surface area (Å²) >= 11 is 14.1. The van der Waals surface area contributed by atoms with Gasteiger partial charge in [0.2, 0.25) is 0 Å². The molecule has 2 aliphatic rings. The molecule has 1 unspecified atom stereocenters. The van der Waals surface area contributed by atoms with Crippen molar-refractivity contribution in [1.29, 1.82) is 0 Å². The number of para-hydroxylation sites is 1. The van der Waals surface area contributed by atoms with Crippen molar-refractivity contribution in [2.45, 2.75) is 25.4 Å². The third-order valence-electron chi connectivity index (χ3n) is 9.06. The van der Waals surface area contributed by atoms with Gasteiger partial charge in [-0.2, -0.15) is 0 Å². The molecule has 0 bridgehead atoms. The fourth-order valence-electron chi connectivity index (χ4n) is 6.84. The number of benzene rings is 4. The summed E-state index contributed by atoms with van der Waals surface area (Å²) in [5.74, 6) is 1.26. The standard InChI is InChI=1S/C38H29Cl2N3O3S/c1-45-32-16-13-23(17-33(32)46-2)36-29-15-12-22-7-3-4-9-28(22)35(29)41-38-43(36)37(44)34(47-38)18-25-21-42(31-10-6-5-8-27(25)31)20-24-11-14-26(39)19-30(24)40/h3-11,13-14,16-19,21,36H,12,15,20H2,1-2H3. The third kappa shape index (κ3) is 5.10. The van der Waals surface area contributed by atoms with Gasteiger partial charge >= 0.3 is 0 Å². The molecular formula is C38H29Cl2N3O3S. The normalized spacial score (nSPS) is 15.7. The van der Waals surface area contributed by atoms with E-state index in [0.29, 0.717) is 37.4 Å². The number of fused-ring (bicyclic) bond motifs is 4. The fraction of sp³-hybridized carbons (Fsp3) is 0.158. The van der Waals surface area contributed by atoms with Crippen molar-refractivity contribution >= 4 is 57.2 Å². The number of nitrogens with zero attached hydrogens (tertiary/aromatic N) is 3. The summed E-state index contributed by atoms with van der Waals surface area (Å²) in [5.41, 5.74) is 8.32. The van der Waals surface area contributed by atoms with E-state index in [1.54, 1.807) is 20.3 Å². The molecule has 0 fully saturated rings. The van der Waals surface area contributed by atoms with E-state index in [-0.39, 0.29) is 11.6 Å². The SMILES string of the molecule is COc1ccc(C2C3=C(N=c4sc(=Cc5cn(Cc6ccc(Cl)cc6Cl)c6ccccc56)c(=O)n42)c2ccccc2CC3)cc1OC. The van der Waals surface area contributed by atoms with Gasteiger partial charge in [0.15, 0.2) is 16.3 Å². The zero-order chi connectivity index (χ0) is 32.2. The smallest absolute Gasteiger partial charge is 0.271 e. The number of aromatic nitrogens is 2. The van der Waals surface area contributed by atoms with Gasteiger partial charge in [-0.25, -0.2) is 4.99 Å². The second-order valence-corrected chi connectivity index (χ2v) is 13.5. The molecule has 0 spiro atoms. The predicted molar refractivity (Wildman–Crippen MR) is 190 cm³/mol. The quantitative estimate of drug-likeness (QED) is 0.182.